The van der Waals surface area contributed by atoms with Gasteiger partial charge in [-0.1, -0.05) is 13.8 Å². The topological polar surface area (TPSA) is 126 Å². The molecule has 0 saturated heterocycles. The number of allylic oxidation sites excluding steroid dienone is 2. The monoisotopic (exact) mass is 671 g/mol. The second-order valence-electron chi connectivity index (χ2n) is 13.3. The second-order valence-corrected chi connectivity index (χ2v) is 13.3. The first-order valence-electron chi connectivity index (χ1n) is 17.5. The molecule has 10 heteroatoms. The van der Waals surface area contributed by atoms with Gasteiger partial charge >= 0.3 is 0 Å². The van der Waals surface area contributed by atoms with Crippen molar-refractivity contribution < 1.29 is 24.1 Å². The SMILES string of the molecule is CCC1=C(C)c2cc3[nH]c(cc4nc(c(C)c5cc(C)c(cc1n2)[nH]5)[C@@H](CCC(=O)N(C)CCOCCOCCOC)C4C)c(C)c3CO. The predicted octanol–water partition coefficient (Wildman–Crippen LogP) is 6.88. The van der Waals surface area contributed by atoms with Crippen LogP contribution >= 0.6 is 0 Å². The van der Waals surface area contributed by atoms with Crippen LogP contribution in [-0.2, 0) is 25.6 Å². The molecule has 5 heterocycles. The van der Waals surface area contributed by atoms with Gasteiger partial charge in [0.2, 0.25) is 5.91 Å². The first-order valence-corrected chi connectivity index (χ1v) is 17.5. The Kier molecular flexibility index (Phi) is 12.1. The zero-order chi connectivity index (χ0) is 35.2. The molecule has 2 atom stereocenters. The number of aryl methyl sites for hydroxylation is 3. The summed E-state index contributed by atoms with van der Waals surface area (Å²) in [7, 11) is 3.48. The quantitative estimate of drug-likeness (QED) is 0.160. The molecule has 0 radical (unpaired) electrons. The molecule has 8 bridgehead atoms. The number of fused-ring (bicyclic) bond motifs is 8. The number of aromatic nitrogens is 4. The number of carbonyl (C=O) groups is 1. The molecule has 5 rings (SSSR count). The van der Waals surface area contributed by atoms with Crippen LogP contribution in [0.15, 0.2) is 24.3 Å². The summed E-state index contributed by atoms with van der Waals surface area (Å²) in [5.41, 5.74) is 14.1. The lowest BCUT2D eigenvalue weighted by atomic mass is 9.86. The molecule has 264 valence electrons. The number of hydrogen-bond donors (Lipinski definition) is 3. The normalized spacial score (nSPS) is 16.1. The molecule has 3 aromatic rings. The predicted molar refractivity (Wildman–Crippen MR) is 195 cm³/mol. The van der Waals surface area contributed by atoms with Gasteiger partial charge in [0.25, 0.3) is 0 Å². The summed E-state index contributed by atoms with van der Waals surface area (Å²) >= 11 is 0. The molecule has 0 aromatic carbocycles. The van der Waals surface area contributed by atoms with Gasteiger partial charge < -0.3 is 34.2 Å². The number of nitrogens with zero attached hydrogens (tertiary/aromatic N) is 3. The zero-order valence-electron chi connectivity index (χ0n) is 30.5. The van der Waals surface area contributed by atoms with E-state index in [0.717, 1.165) is 79.1 Å². The van der Waals surface area contributed by atoms with Gasteiger partial charge in [0.05, 0.1) is 51.0 Å². The Labute approximate surface area is 289 Å². The maximum atomic E-state index is 13.3. The maximum Gasteiger partial charge on any atom is 0.222 e. The molecule has 10 nitrogen and oxygen atoms in total. The van der Waals surface area contributed by atoms with Crippen molar-refractivity contribution >= 4 is 39.1 Å². The van der Waals surface area contributed by atoms with Crippen LogP contribution in [0.5, 0.6) is 0 Å². The molecule has 0 aliphatic carbocycles. The number of H-pyrrole nitrogens is 2. The number of likely N-dealkylation sites (N-methyl/N-ethyl adjacent to an activating group) is 1. The van der Waals surface area contributed by atoms with Crippen molar-refractivity contribution in [2.75, 3.05) is 53.7 Å². The number of amides is 1. The van der Waals surface area contributed by atoms with Gasteiger partial charge in [-0.05, 0) is 92.6 Å². The van der Waals surface area contributed by atoms with Crippen molar-refractivity contribution in [1.29, 1.82) is 0 Å². The van der Waals surface area contributed by atoms with Crippen LogP contribution in [0, 0.1) is 20.8 Å². The molecular weight excluding hydrogens is 618 g/mol. The first kappa shape index (κ1) is 36.5. The number of aliphatic hydroxyl groups excluding tert-OH is 1. The highest BCUT2D eigenvalue weighted by atomic mass is 16.5. The second kappa shape index (κ2) is 16.3. The molecule has 1 amide bonds. The molecule has 3 aromatic heterocycles. The summed E-state index contributed by atoms with van der Waals surface area (Å²) < 4.78 is 16.1. The van der Waals surface area contributed by atoms with E-state index in [-0.39, 0.29) is 24.3 Å². The van der Waals surface area contributed by atoms with Crippen LogP contribution in [0.4, 0.5) is 0 Å². The lowest BCUT2D eigenvalue weighted by Crippen LogP contribution is -2.30. The van der Waals surface area contributed by atoms with Crippen LogP contribution in [-0.4, -0.2) is 89.6 Å². The van der Waals surface area contributed by atoms with Crippen molar-refractivity contribution in [3.63, 3.8) is 0 Å². The Morgan fingerprint density at radius 2 is 1.55 bits per heavy atom. The Hall–Kier alpha value is -3.83. The Bertz CT molecular complexity index is 1860. The van der Waals surface area contributed by atoms with Crippen LogP contribution < -0.4 is 0 Å². The highest BCUT2D eigenvalue weighted by molar-refractivity contribution is 5.92. The van der Waals surface area contributed by atoms with E-state index < -0.39 is 0 Å². The van der Waals surface area contributed by atoms with Crippen molar-refractivity contribution in [3.8, 4) is 0 Å². The summed E-state index contributed by atoms with van der Waals surface area (Å²) in [6.07, 6.45) is 1.95. The molecule has 49 heavy (non-hydrogen) atoms. The average Bonchev–Trinajstić information content (AvgIpc) is 3.79. The molecule has 0 saturated carbocycles. The van der Waals surface area contributed by atoms with Gasteiger partial charge in [-0.25, -0.2) is 4.98 Å². The minimum absolute atomic E-state index is 0.0580. The third-order valence-corrected chi connectivity index (χ3v) is 10.2. The summed E-state index contributed by atoms with van der Waals surface area (Å²) in [6, 6.07) is 8.51. The number of carbonyl (C=O) groups excluding carboxylic acids is 1. The van der Waals surface area contributed by atoms with Crippen molar-refractivity contribution in [1.82, 2.24) is 24.8 Å². The van der Waals surface area contributed by atoms with E-state index in [1.54, 1.807) is 12.0 Å². The minimum atomic E-state index is -0.0801. The maximum absolute atomic E-state index is 13.3. The summed E-state index contributed by atoms with van der Waals surface area (Å²) in [5.74, 6) is 0.231. The fourth-order valence-corrected chi connectivity index (χ4v) is 6.91. The van der Waals surface area contributed by atoms with E-state index in [4.69, 9.17) is 24.2 Å². The zero-order valence-corrected chi connectivity index (χ0v) is 30.5. The average molecular weight is 672 g/mol. The largest absolute Gasteiger partial charge is 0.392 e. The molecule has 2 aliphatic rings. The number of nitrogens with one attached hydrogen (secondary N) is 2. The fraction of sp³-hybridized carbons (Fsp3) is 0.513. The number of hydrogen-bond acceptors (Lipinski definition) is 7. The fourth-order valence-electron chi connectivity index (χ4n) is 6.91. The van der Waals surface area contributed by atoms with Crippen molar-refractivity contribution in [2.45, 2.75) is 79.2 Å². The van der Waals surface area contributed by atoms with E-state index in [1.165, 1.54) is 5.57 Å². The minimum Gasteiger partial charge on any atom is -0.392 e. The van der Waals surface area contributed by atoms with E-state index in [9.17, 15) is 9.90 Å². The highest BCUT2D eigenvalue weighted by Crippen LogP contribution is 2.42. The standard InChI is InChI=1S/C39H53N5O5/c1-9-28-24(3)34-21-37-30(22-45)26(5)33(42-37)20-35-25(4)29(10-11-38(46)44(7)12-13-48-16-17-49-15-14-47-8)39(43-35)27(6)32-18-23(2)31(40-32)19-36(28)41-34/h18-21,25,29,40,42,45H,9-17,22H2,1-8H3/t25?,29-/m0/s1. The number of aromatic amines is 2. The van der Waals surface area contributed by atoms with Gasteiger partial charge in [0.15, 0.2) is 0 Å². The third-order valence-electron chi connectivity index (χ3n) is 10.2. The van der Waals surface area contributed by atoms with E-state index in [1.807, 2.05) is 14.0 Å². The number of ether oxygens (including phenoxy) is 3. The Morgan fingerprint density at radius 3 is 2.27 bits per heavy atom. The van der Waals surface area contributed by atoms with Crippen LogP contribution in [0.2, 0.25) is 0 Å². The van der Waals surface area contributed by atoms with Gasteiger partial charge in [-0.3, -0.25) is 9.78 Å². The molecule has 2 aliphatic heterocycles. The third kappa shape index (κ3) is 7.99. The smallest absolute Gasteiger partial charge is 0.222 e. The number of methoxy groups -OCH3 is 1. The molecule has 3 N–H and O–H groups in total. The van der Waals surface area contributed by atoms with E-state index in [2.05, 4.69) is 68.9 Å². The lowest BCUT2D eigenvalue weighted by molar-refractivity contribution is -0.130. The summed E-state index contributed by atoms with van der Waals surface area (Å²) in [4.78, 5) is 32.6. The molecule has 1 unspecified atom stereocenters. The molecular formula is C39H53N5O5. The van der Waals surface area contributed by atoms with Crippen molar-refractivity contribution in [2.24, 2.45) is 0 Å². The van der Waals surface area contributed by atoms with Crippen LogP contribution in [0.3, 0.4) is 0 Å². The number of aliphatic hydroxyl groups is 1. The Balaban J connectivity index is 1.49. The highest BCUT2D eigenvalue weighted by Gasteiger charge is 2.31. The lowest BCUT2D eigenvalue weighted by Gasteiger charge is -2.20. The number of rotatable bonds is 14. The van der Waals surface area contributed by atoms with Gasteiger partial charge in [0, 0.05) is 78.0 Å². The van der Waals surface area contributed by atoms with E-state index in [0.29, 0.717) is 52.4 Å². The van der Waals surface area contributed by atoms with E-state index >= 15 is 0 Å². The van der Waals surface area contributed by atoms with Crippen LogP contribution in [0.25, 0.3) is 33.2 Å². The van der Waals surface area contributed by atoms with Crippen LogP contribution in [0.1, 0.15) is 96.9 Å². The Morgan fingerprint density at radius 1 is 0.878 bits per heavy atom. The van der Waals surface area contributed by atoms with Gasteiger partial charge in [0.1, 0.15) is 0 Å². The van der Waals surface area contributed by atoms with Crippen molar-refractivity contribution in [3.05, 3.63) is 69.3 Å². The van der Waals surface area contributed by atoms with Gasteiger partial charge in [-0.2, -0.15) is 0 Å². The summed E-state index contributed by atoms with van der Waals surface area (Å²) in [5, 5.41) is 10.4. The summed E-state index contributed by atoms with van der Waals surface area (Å²) in [6.45, 7) is 15.8. The van der Waals surface area contributed by atoms with Gasteiger partial charge in [-0.15, -0.1) is 0 Å². The first-order chi connectivity index (χ1) is 23.6. The molecule has 0 fully saturated rings. The molecule has 0 spiro atoms.